The molecule has 0 unspecified atom stereocenters. The molecule has 5 rings (SSSR count). The Morgan fingerprint density at radius 3 is 2.68 bits per heavy atom. The number of fused-ring (bicyclic) bond motifs is 1. The summed E-state index contributed by atoms with van der Waals surface area (Å²) >= 11 is 0. The number of carbonyl (C=O) groups excluding carboxylic acids is 1. The summed E-state index contributed by atoms with van der Waals surface area (Å²) < 4.78 is 0. The van der Waals surface area contributed by atoms with Crippen LogP contribution >= 0.6 is 0 Å². The van der Waals surface area contributed by atoms with Crippen molar-refractivity contribution in [1.29, 1.82) is 0 Å². The highest BCUT2D eigenvalue weighted by Gasteiger charge is 2.17. The second-order valence-corrected chi connectivity index (χ2v) is 8.39. The van der Waals surface area contributed by atoms with Crippen molar-refractivity contribution < 1.29 is 4.79 Å². The molecule has 0 amide bonds. The molecule has 0 atom stereocenters. The number of aromatic nitrogens is 5. The zero-order valence-corrected chi connectivity index (χ0v) is 19.3. The third kappa shape index (κ3) is 4.69. The maximum absolute atomic E-state index is 13.0. The van der Waals surface area contributed by atoms with Gasteiger partial charge in [-0.3, -0.25) is 9.78 Å². The van der Waals surface area contributed by atoms with Gasteiger partial charge >= 0.3 is 0 Å². The number of ketones is 1. The SMILES string of the molecule is CNc1cncc(-c2ccc3cnc(CC(=O)c4ccnc(N5CCN(C)CC5)c4)nc3c2)n1. The normalized spacial score (nSPS) is 14.4. The fourth-order valence-corrected chi connectivity index (χ4v) is 3.98. The van der Waals surface area contributed by atoms with Crippen molar-refractivity contribution >= 4 is 28.3 Å². The van der Waals surface area contributed by atoms with Crippen molar-refractivity contribution in [3.05, 3.63) is 66.5 Å². The van der Waals surface area contributed by atoms with Crippen molar-refractivity contribution in [2.45, 2.75) is 6.42 Å². The number of hydrogen-bond acceptors (Lipinski definition) is 9. The van der Waals surface area contributed by atoms with Crippen molar-refractivity contribution in [1.82, 2.24) is 29.8 Å². The Morgan fingerprint density at radius 2 is 1.85 bits per heavy atom. The van der Waals surface area contributed by atoms with Gasteiger partial charge in [-0.2, -0.15) is 0 Å². The lowest BCUT2D eigenvalue weighted by atomic mass is 10.1. The minimum Gasteiger partial charge on any atom is -0.372 e. The molecule has 0 saturated carbocycles. The van der Waals surface area contributed by atoms with Crippen LogP contribution in [0, 0.1) is 0 Å². The minimum absolute atomic E-state index is 0.0270. The lowest BCUT2D eigenvalue weighted by Crippen LogP contribution is -2.44. The molecule has 0 bridgehead atoms. The highest BCUT2D eigenvalue weighted by atomic mass is 16.1. The molecule has 1 fully saturated rings. The van der Waals surface area contributed by atoms with E-state index in [9.17, 15) is 4.79 Å². The van der Waals surface area contributed by atoms with Crippen LogP contribution in [0.15, 0.2) is 55.1 Å². The number of benzene rings is 1. The zero-order chi connectivity index (χ0) is 23.5. The van der Waals surface area contributed by atoms with Gasteiger partial charge in [0.15, 0.2) is 5.78 Å². The first kappa shape index (κ1) is 21.8. The molecule has 1 aliphatic rings. The summed E-state index contributed by atoms with van der Waals surface area (Å²) in [6, 6.07) is 9.51. The van der Waals surface area contributed by atoms with E-state index in [-0.39, 0.29) is 12.2 Å². The van der Waals surface area contributed by atoms with Gasteiger partial charge in [0.25, 0.3) is 0 Å². The predicted octanol–water partition coefficient (Wildman–Crippen LogP) is 2.70. The van der Waals surface area contributed by atoms with E-state index >= 15 is 0 Å². The van der Waals surface area contributed by atoms with Crippen molar-refractivity contribution in [3.63, 3.8) is 0 Å². The van der Waals surface area contributed by atoms with Crippen LogP contribution in [0.3, 0.4) is 0 Å². The Morgan fingerprint density at radius 1 is 1.00 bits per heavy atom. The first-order valence-electron chi connectivity index (χ1n) is 11.3. The van der Waals surface area contributed by atoms with Gasteiger partial charge in [0.2, 0.25) is 0 Å². The van der Waals surface area contributed by atoms with E-state index in [2.05, 4.69) is 47.1 Å². The molecular formula is C25H26N8O. The molecule has 1 aliphatic heterocycles. The fourth-order valence-electron chi connectivity index (χ4n) is 3.98. The number of hydrogen-bond donors (Lipinski definition) is 1. The Labute approximate surface area is 197 Å². The van der Waals surface area contributed by atoms with Gasteiger partial charge in [-0.25, -0.2) is 19.9 Å². The quantitative estimate of drug-likeness (QED) is 0.441. The molecule has 1 N–H and O–H groups in total. The molecule has 0 aliphatic carbocycles. The second-order valence-electron chi connectivity index (χ2n) is 8.39. The van der Waals surface area contributed by atoms with E-state index in [1.54, 1.807) is 30.9 Å². The Bertz CT molecular complexity index is 1330. The number of nitrogens with zero attached hydrogens (tertiary/aromatic N) is 7. The average Bonchev–Trinajstić information content (AvgIpc) is 2.89. The molecule has 4 aromatic rings. The average molecular weight is 455 g/mol. The molecule has 4 heterocycles. The third-order valence-electron chi connectivity index (χ3n) is 6.03. The van der Waals surface area contributed by atoms with E-state index < -0.39 is 0 Å². The number of anilines is 2. The first-order valence-corrected chi connectivity index (χ1v) is 11.3. The highest BCUT2D eigenvalue weighted by Crippen LogP contribution is 2.23. The van der Waals surface area contributed by atoms with Crippen molar-refractivity contribution in [2.24, 2.45) is 0 Å². The van der Waals surface area contributed by atoms with Crippen molar-refractivity contribution in [3.8, 4) is 11.3 Å². The Balaban J connectivity index is 1.36. The predicted molar refractivity (Wildman–Crippen MR) is 132 cm³/mol. The number of likely N-dealkylation sites (N-methyl/N-ethyl adjacent to an activating group) is 1. The number of nitrogens with one attached hydrogen (secondary N) is 1. The first-order chi connectivity index (χ1) is 16.6. The molecular weight excluding hydrogens is 428 g/mol. The molecule has 0 radical (unpaired) electrons. The van der Waals surface area contributed by atoms with Crippen LogP contribution in [-0.4, -0.2) is 75.9 Å². The van der Waals surface area contributed by atoms with Gasteiger partial charge in [0, 0.05) is 62.1 Å². The molecule has 34 heavy (non-hydrogen) atoms. The van der Waals surface area contributed by atoms with Gasteiger partial charge in [0.05, 0.1) is 30.0 Å². The summed E-state index contributed by atoms with van der Waals surface area (Å²) in [5.41, 5.74) is 3.04. The number of rotatable bonds is 6. The molecule has 1 aromatic carbocycles. The maximum Gasteiger partial charge on any atom is 0.170 e. The van der Waals surface area contributed by atoms with Crippen LogP contribution in [0.25, 0.3) is 22.2 Å². The monoisotopic (exact) mass is 454 g/mol. The highest BCUT2D eigenvalue weighted by molar-refractivity contribution is 5.98. The van der Waals surface area contributed by atoms with Crippen LogP contribution in [0.1, 0.15) is 16.2 Å². The van der Waals surface area contributed by atoms with Gasteiger partial charge < -0.3 is 15.1 Å². The molecule has 172 valence electrons. The van der Waals surface area contributed by atoms with Crippen LogP contribution < -0.4 is 10.2 Å². The maximum atomic E-state index is 13.0. The van der Waals surface area contributed by atoms with E-state index in [0.29, 0.717) is 17.2 Å². The van der Waals surface area contributed by atoms with Crippen LogP contribution in [0.5, 0.6) is 0 Å². The van der Waals surface area contributed by atoms with E-state index in [1.807, 2.05) is 31.3 Å². The van der Waals surface area contributed by atoms with Gasteiger partial charge in [0.1, 0.15) is 17.5 Å². The summed E-state index contributed by atoms with van der Waals surface area (Å²) in [5, 5.41) is 3.90. The Hall–Kier alpha value is -3.98. The summed E-state index contributed by atoms with van der Waals surface area (Å²) in [6.07, 6.45) is 6.97. The number of pyridine rings is 1. The lowest BCUT2D eigenvalue weighted by Gasteiger charge is -2.33. The van der Waals surface area contributed by atoms with E-state index in [1.165, 1.54) is 0 Å². The van der Waals surface area contributed by atoms with Gasteiger partial charge in [-0.15, -0.1) is 0 Å². The fraction of sp³-hybridized carbons (Fsp3) is 0.280. The molecule has 9 heteroatoms. The molecule has 3 aromatic heterocycles. The third-order valence-corrected chi connectivity index (χ3v) is 6.03. The van der Waals surface area contributed by atoms with Gasteiger partial charge in [-0.05, 0) is 25.2 Å². The zero-order valence-electron chi connectivity index (χ0n) is 19.3. The number of Topliss-reactive ketones (excluding diaryl/α,β-unsaturated/α-hetero) is 1. The number of carbonyl (C=O) groups is 1. The van der Waals surface area contributed by atoms with Crippen LogP contribution in [0.4, 0.5) is 11.6 Å². The van der Waals surface area contributed by atoms with Gasteiger partial charge in [-0.1, -0.05) is 12.1 Å². The standard InChI is InChI=1S/C25H26N8O/c1-26-24-16-27-15-21(31-24)17-3-4-19-14-29-23(30-20(19)11-17)13-22(34)18-5-6-28-25(12-18)33-9-7-32(2)8-10-33/h3-6,11-12,14-16H,7-10,13H2,1-2H3,(H,26,31). The largest absolute Gasteiger partial charge is 0.372 e. The summed E-state index contributed by atoms with van der Waals surface area (Å²) in [7, 11) is 3.92. The lowest BCUT2D eigenvalue weighted by molar-refractivity contribution is 0.0991. The van der Waals surface area contributed by atoms with Crippen molar-refractivity contribution in [2.75, 3.05) is 50.5 Å². The van der Waals surface area contributed by atoms with E-state index in [0.717, 1.165) is 54.2 Å². The molecule has 1 saturated heterocycles. The minimum atomic E-state index is -0.0270. The summed E-state index contributed by atoms with van der Waals surface area (Å²) in [5.74, 6) is 2.00. The second kappa shape index (κ2) is 9.48. The van der Waals surface area contributed by atoms with Crippen LogP contribution in [-0.2, 0) is 6.42 Å². The van der Waals surface area contributed by atoms with Crippen LogP contribution in [0.2, 0.25) is 0 Å². The number of piperazine rings is 1. The molecule has 0 spiro atoms. The topological polar surface area (TPSA) is 100 Å². The van der Waals surface area contributed by atoms with E-state index in [4.69, 9.17) is 0 Å². The Kier molecular flexibility index (Phi) is 6.09. The molecule has 9 nitrogen and oxygen atoms in total. The summed E-state index contributed by atoms with van der Waals surface area (Å²) in [4.78, 5) is 39.9. The summed E-state index contributed by atoms with van der Waals surface area (Å²) in [6.45, 7) is 3.77. The smallest absolute Gasteiger partial charge is 0.170 e.